The summed E-state index contributed by atoms with van der Waals surface area (Å²) in [5.74, 6) is 0.922. The smallest absolute Gasteiger partial charge is 0.253 e. The summed E-state index contributed by atoms with van der Waals surface area (Å²) < 4.78 is 0. The Bertz CT molecular complexity index is 841. The Labute approximate surface area is 166 Å². The lowest BCUT2D eigenvalue weighted by atomic mass is 10.1. The Kier molecular flexibility index (Phi) is 5.86. The maximum Gasteiger partial charge on any atom is 0.253 e. The van der Waals surface area contributed by atoms with Crippen LogP contribution in [0, 0.1) is 0 Å². The van der Waals surface area contributed by atoms with Gasteiger partial charge in [0.25, 0.3) is 5.91 Å². The Morgan fingerprint density at radius 3 is 2.63 bits per heavy atom. The molecule has 2 aromatic heterocycles. The monoisotopic (exact) mass is 399 g/mol. The van der Waals surface area contributed by atoms with Crippen LogP contribution in [0.1, 0.15) is 20.8 Å². The van der Waals surface area contributed by atoms with Gasteiger partial charge in [0.2, 0.25) is 0 Å². The molecule has 3 heterocycles. The van der Waals surface area contributed by atoms with Crippen LogP contribution in [0.15, 0.2) is 53.3 Å². The van der Waals surface area contributed by atoms with Gasteiger partial charge in [0, 0.05) is 48.9 Å². The van der Waals surface area contributed by atoms with Gasteiger partial charge in [-0.2, -0.15) is 5.10 Å². The average molecular weight is 400 g/mol. The standard InChI is InChI=1S/C19H21N5OS2/c25-18(24-9-7-23(8-10-24)12-17-2-1-11-26-17)16-5-3-15(4-6-16)13-27-19-20-14-21-22-19/h1-6,11,14H,7-10,12-13H2,(H,20,21,22). The summed E-state index contributed by atoms with van der Waals surface area (Å²) >= 11 is 3.39. The van der Waals surface area contributed by atoms with Gasteiger partial charge in [0.05, 0.1) is 0 Å². The average Bonchev–Trinajstić information content (AvgIpc) is 3.41. The number of carbonyl (C=O) groups is 1. The molecule has 0 aliphatic carbocycles. The second-order valence-electron chi connectivity index (χ2n) is 6.42. The molecular weight excluding hydrogens is 378 g/mol. The second-order valence-corrected chi connectivity index (χ2v) is 8.42. The van der Waals surface area contributed by atoms with Crippen LogP contribution in [-0.4, -0.2) is 57.1 Å². The number of rotatable bonds is 6. The number of carbonyl (C=O) groups excluding carboxylic acids is 1. The maximum absolute atomic E-state index is 12.8. The lowest BCUT2D eigenvalue weighted by Crippen LogP contribution is -2.48. The molecule has 1 aliphatic heterocycles. The van der Waals surface area contributed by atoms with Crippen molar-refractivity contribution < 1.29 is 4.79 Å². The lowest BCUT2D eigenvalue weighted by molar-refractivity contribution is 0.0629. The van der Waals surface area contributed by atoms with Crippen molar-refractivity contribution in [3.8, 4) is 0 Å². The fourth-order valence-electron chi connectivity index (χ4n) is 3.07. The number of benzene rings is 1. The van der Waals surface area contributed by atoms with E-state index in [1.807, 2.05) is 29.2 Å². The van der Waals surface area contributed by atoms with Crippen LogP contribution in [-0.2, 0) is 12.3 Å². The number of amides is 1. The van der Waals surface area contributed by atoms with E-state index < -0.39 is 0 Å². The van der Waals surface area contributed by atoms with Crippen molar-refractivity contribution in [2.24, 2.45) is 0 Å². The molecule has 140 valence electrons. The molecule has 0 bridgehead atoms. The minimum absolute atomic E-state index is 0.125. The first-order chi connectivity index (χ1) is 13.3. The fourth-order valence-corrected chi connectivity index (χ4v) is 4.55. The molecule has 0 spiro atoms. The number of hydrogen-bond donors (Lipinski definition) is 1. The number of thiophene rings is 1. The van der Waals surface area contributed by atoms with Gasteiger partial charge < -0.3 is 4.90 Å². The third-order valence-corrected chi connectivity index (χ3v) is 6.40. The van der Waals surface area contributed by atoms with Gasteiger partial charge >= 0.3 is 0 Å². The van der Waals surface area contributed by atoms with E-state index in [1.165, 1.54) is 11.2 Å². The summed E-state index contributed by atoms with van der Waals surface area (Å²) in [6.07, 6.45) is 1.50. The van der Waals surface area contributed by atoms with Gasteiger partial charge in [-0.3, -0.25) is 14.8 Å². The third kappa shape index (κ3) is 4.77. The molecule has 0 radical (unpaired) electrons. The summed E-state index contributed by atoms with van der Waals surface area (Å²) in [6.45, 7) is 4.41. The van der Waals surface area contributed by atoms with Crippen molar-refractivity contribution in [1.82, 2.24) is 25.0 Å². The quantitative estimate of drug-likeness (QED) is 0.645. The Balaban J connectivity index is 1.28. The molecule has 8 heteroatoms. The van der Waals surface area contributed by atoms with Crippen LogP contribution in [0.3, 0.4) is 0 Å². The number of nitrogens with one attached hydrogen (secondary N) is 1. The van der Waals surface area contributed by atoms with Gasteiger partial charge in [0.1, 0.15) is 6.33 Å². The molecule has 1 amide bonds. The van der Waals surface area contributed by atoms with E-state index in [2.05, 4.69) is 37.6 Å². The molecule has 4 rings (SSSR count). The van der Waals surface area contributed by atoms with E-state index in [4.69, 9.17) is 0 Å². The predicted octanol–water partition coefficient (Wildman–Crippen LogP) is 3.12. The first-order valence-electron chi connectivity index (χ1n) is 8.89. The highest BCUT2D eigenvalue weighted by molar-refractivity contribution is 7.98. The Morgan fingerprint density at radius 1 is 1.15 bits per heavy atom. The normalized spacial score (nSPS) is 15.2. The number of aromatic nitrogens is 3. The Hall–Kier alpha value is -2.16. The summed E-state index contributed by atoms with van der Waals surface area (Å²) in [5, 5.41) is 9.59. The highest BCUT2D eigenvalue weighted by Gasteiger charge is 2.22. The molecule has 0 saturated carbocycles. The molecule has 1 fully saturated rings. The summed E-state index contributed by atoms with van der Waals surface area (Å²) in [7, 11) is 0. The van der Waals surface area contributed by atoms with Crippen LogP contribution >= 0.6 is 23.1 Å². The van der Waals surface area contributed by atoms with E-state index in [0.29, 0.717) is 0 Å². The molecule has 3 aromatic rings. The molecule has 1 aromatic carbocycles. The zero-order chi connectivity index (χ0) is 18.5. The first-order valence-corrected chi connectivity index (χ1v) is 10.8. The first kappa shape index (κ1) is 18.2. The van der Waals surface area contributed by atoms with Crippen molar-refractivity contribution in [1.29, 1.82) is 0 Å². The highest BCUT2D eigenvalue weighted by Crippen LogP contribution is 2.19. The minimum atomic E-state index is 0.125. The van der Waals surface area contributed by atoms with Crippen molar-refractivity contribution in [3.05, 3.63) is 64.1 Å². The summed E-state index contributed by atoms with van der Waals surface area (Å²) in [4.78, 5) is 22.6. The number of thioether (sulfide) groups is 1. The van der Waals surface area contributed by atoms with Gasteiger partial charge in [-0.1, -0.05) is 30.0 Å². The van der Waals surface area contributed by atoms with Crippen LogP contribution in [0.25, 0.3) is 0 Å². The molecule has 1 N–H and O–H groups in total. The number of hydrogen-bond acceptors (Lipinski definition) is 6. The van der Waals surface area contributed by atoms with Crippen molar-refractivity contribution in [2.75, 3.05) is 26.2 Å². The van der Waals surface area contributed by atoms with Gasteiger partial charge in [-0.25, -0.2) is 4.98 Å². The second kappa shape index (κ2) is 8.69. The molecule has 1 saturated heterocycles. The van der Waals surface area contributed by atoms with Crippen LogP contribution < -0.4 is 0 Å². The van der Waals surface area contributed by atoms with E-state index >= 15 is 0 Å². The zero-order valence-electron chi connectivity index (χ0n) is 14.9. The zero-order valence-corrected chi connectivity index (χ0v) is 16.5. The lowest BCUT2D eigenvalue weighted by Gasteiger charge is -2.34. The SMILES string of the molecule is O=C(c1ccc(CSc2ncn[nH]2)cc1)N1CCN(Cc2cccs2)CC1. The van der Waals surface area contributed by atoms with Gasteiger partial charge in [-0.05, 0) is 29.1 Å². The maximum atomic E-state index is 12.8. The van der Waals surface area contributed by atoms with Crippen LogP contribution in [0.2, 0.25) is 0 Å². The topological polar surface area (TPSA) is 65.1 Å². The minimum Gasteiger partial charge on any atom is -0.336 e. The van der Waals surface area contributed by atoms with E-state index in [0.717, 1.165) is 54.8 Å². The molecule has 27 heavy (non-hydrogen) atoms. The third-order valence-electron chi connectivity index (χ3n) is 4.59. The van der Waals surface area contributed by atoms with Crippen molar-refractivity contribution in [3.63, 3.8) is 0 Å². The molecule has 1 aliphatic rings. The molecular formula is C19H21N5OS2. The largest absolute Gasteiger partial charge is 0.336 e. The number of nitrogens with zero attached hydrogens (tertiary/aromatic N) is 4. The van der Waals surface area contributed by atoms with Crippen LogP contribution in [0.5, 0.6) is 0 Å². The van der Waals surface area contributed by atoms with E-state index in [-0.39, 0.29) is 5.91 Å². The number of aromatic amines is 1. The summed E-state index contributed by atoms with van der Waals surface area (Å²) in [6, 6.07) is 12.2. The highest BCUT2D eigenvalue weighted by atomic mass is 32.2. The predicted molar refractivity (Wildman–Crippen MR) is 108 cm³/mol. The van der Waals surface area contributed by atoms with Gasteiger partial charge in [-0.15, -0.1) is 11.3 Å². The van der Waals surface area contributed by atoms with Crippen LogP contribution in [0.4, 0.5) is 0 Å². The van der Waals surface area contributed by atoms with E-state index in [9.17, 15) is 4.79 Å². The van der Waals surface area contributed by atoms with Gasteiger partial charge in [0.15, 0.2) is 5.16 Å². The molecule has 0 unspecified atom stereocenters. The Morgan fingerprint density at radius 2 is 1.96 bits per heavy atom. The summed E-state index contributed by atoms with van der Waals surface area (Å²) in [5.41, 5.74) is 1.92. The number of H-pyrrole nitrogens is 1. The number of piperazine rings is 1. The molecule has 0 atom stereocenters. The molecule has 6 nitrogen and oxygen atoms in total. The van der Waals surface area contributed by atoms with E-state index in [1.54, 1.807) is 23.1 Å². The fraction of sp³-hybridized carbons (Fsp3) is 0.316. The van der Waals surface area contributed by atoms with Crippen molar-refractivity contribution in [2.45, 2.75) is 17.5 Å². The van der Waals surface area contributed by atoms with Crippen molar-refractivity contribution >= 4 is 29.0 Å².